The van der Waals surface area contributed by atoms with Crippen molar-refractivity contribution in [2.75, 3.05) is 11.4 Å². The van der Waals surface area contributed by atoms with Crippen LogP contribution in [0.1, 0.15) is 59.6 Å². The number of aromatic nitrogens is 2. The number of para-hydroxylation sites is 1. The number of ether oxygens (including phenoxy) is 1. The number of halogens is 3. The maximum absolute atomic E-state index is 14.5. The molecule has 1 aliphatic heterocycles. The molecule has 6 rings (SSSR count). The molecule has 2 atom stereocenters. The number of piperidine rings is 1. The van der Waals surface area contributed by atoms with Crippen molar-refractivity contribution < 1.29 is 19.0 Å². The van der Waals surface area contributed by atoms with Gasteiger partial charge in [-0.25, -0.2) is 13.9 Å². The molecule has 0 amide bonds. The Morgan fingerprint density at radius 3 is 2.63 bits per heavy atom. The molecule has 0 radical (unpaired) electrons. The van der Waals surface area contributed by atoms with Gasteiger partial charge in [-0.1, -0.05) is 29.3 Å². The summed E-state index contributed by atoms with van der Waals surface area (Å²) in [6.45, 7) is 1.06. The highest BCUT2D eigenvalue weighted by molar-refractivity contribution is 6.37. The van der Waals surface area contributed by atoms with Gasteiger partial charge in [0.15, 0.2) is 0 Å². The molecule has 2 bridgehead atoms. The summed E-state index contributed by atoms with van der Waals surface area (Å²) >= 11 is 13.0. The Balaban J connectivity index is 1.33. The predicted octanol–water partition coefficient (Wildman–Crippen LogP) is 6.43. The molecule has 2 aromatic carbocycles. The van der Waals surface area contributed by atoms with Crippen LogP contribution in [-0.2, 0) is 11.3 Å². The minimum Gasteiger partial charge on any atom is -0.478 e. The molecule has 9 heteroatoms. The van der Waals surface area contributed by atoms with Crippen LogP contribution in [0.5, 0.6) is 0 Å². The number of fused-ring (bicyclic) bond motifs is 2. The first-order valence-corrected chi connectivity index (χ1v) is 12.6. The number of hydrogen-bond donors (Lipinski definition) is 1. The van der Waals surface area contributed by atoms with E-state index in [1.165, 1.54) is 12.1 Å². The van der Waals surface area contributed by atoms with Crippen molar-refractivity contribution in [1.29, 1.82) is 0 Å². The quantitative estimate of drug-likeness (QED) is 0.392. The van der Waals surface area contributed by atoms with Crippen LogP contribution in [0.25, 0.3) is 5.69 Å². The minimum atomic E-state index is -1.28. The number of carboxylic acid groups (broad SMARTS) is 1. The number of rotatable bonds is 7. The molecule has 2 unspecified atom stereocenters. The first-order valence-electron chi connectivity index (χ1n) is 11.8. The average Bonchev–Trinajstić information content (AvgIpc) is 3.31. The van der Waals surface area contributed by atoms with Gasteiger partial charge in [0.05, 0.1) is 34.1 Å². The third-order valence-corrected chi connectivity index (χ3v) is 8.13. The van der Waals surface area contributed by atoms with Crippen LogP contribution in [0.15, 0.2) is 42.6 Å². The summed E-state index contributed by atoms with van der Waals surface area (Å²) in [5.41, 5.74) is 2.44. The summed E-state index contributed by atoms with van der Waals surface area (Å²) < 4.78 is 23.0. The minimum absolute atomic E-state index is 0.312. The fourth-order valence-corrected chi connectivity index (χ4v) is 6.22. The van der Waals surface area contributed by atoms with E-state index in [1.807, 2.05) is 6.20 Å². The second-order valence-electron chi connectivity index (χ2n) is 9.73. The lowest BCUT2D eigenvalue weighted by atomic mass is 10.1. The van der Waals surface area contributed by atoms with Gasteiger partial charge in [0.1, 0.15) is 17.2 Å². The van der Waals surface area contributed by atoms with Gasteiger partial charge in [-0.05, 0) is 79.8 Å². The van der Waals surface area contributed by atoms with E-state index in [0.29, 0.717) is 39.9 Å². The lowest BCUT2D eigenvalue weighted by molar-refractivity contribution is -0.0471. The first-order chi connectivity index (χ1) is 16.9. The van der Waals surface area contributed by atoms with Crippen molar-refractivity contribution in [1.82, 2.24) is 9.78 Å². The van der Waals surface area contributed by atoms with Gasteiger partial charge in [0.25, 0.3) is 0 Å². The second-order valence-corrected chi connectivity index (χ2v) is 10.5. The Kier molecular flexibility index (Phi) is 5.55. The van der Waals surface area contributed by atoms with Crippen molar-refractivity contribution in [2.24, 2.45) is 5.92 Å². The maximum atomic E-state index is 14.5. The van der Waals surface area contributed by atoms with Gasteiger partial charge >= 0.3 is 5.97 Å². The van der Waals surface area contributed by atoms with E-state index in [0.717, 1.165) is 49.9 Å². The Hall–Kier alpha value is -2.61. The Labute approximate surface area is 212 Å². The molecule has 6 nitrogen and oxygen atoms in total. The van der Waals surface area contributed by atoms with Crippen LogP contribution in [0.3, 0.4) is 0 Å². The third-order valence-electron chi connectivity index (χ3n) is 7.52. The number of carbonyl (C=O) groups is 1. The summed E-state index contributed by atoms with van der Waals surface area (Å²) in [7, 11) is 0. The molecule has 1 N–H and O–H groups in total. The Morgan fingerprint density at radius 2 is 1.97 bits per heavy atom. The molecule has 2 aliphatic carbocycles. The molecule has 1 saturated heterocycles. The maximum Gasteiger partial charge on any atom is 0.338 e. The summed E-state index contributed by atoms with van der Waals surface area (Å²) in [6.07, 6.45) is 6.82. The van der Waals surface area contributed by atoms with Gasteiger partial charge in [0, 0.05) is 12.2 Å². The Bertz CT molecular complexity index is 1300. The lowest BCUT2D eigenvalue weighted by Crippen LogP contribution is -2.47. The molecule has 0 spiro atoms. The van der Waals surface area contributed by atoms with E-state index in [4.69, 9.17) is 27.9 Å². The first kappa shape index (κ1) is 22.8. The largest absolute Gasteiger partial charge is 0.478 e. The molecule has 35 heavy (non-hydrogen) atoms. The van der Waals surface area contributed by atoms with Gasteiger partial charge in [-0.15, -0.1) is 0 Å². The summed E-state index contributed by atoms with van der Waals surface area (Å²) in [5.74, 6) is -1.12. The standard InChI is InChI=1S/C26H24Cl2FN3O3/c27-20-2-1-3-21(28)24(20)32-23(19(12-30-32)16-4-5-16)14-35-26-9-8-15(11-26)13-31(26)17-6-7-18(25(33)34)22(29)10-17/h1-3,6-7,10,12,15-16H,4-5,8-9,11,13-14H2,(H,33,34). The van der Waals surface area contributed by atoms with Crippen molar-refractivity contribution in [3.63, 3.8) is 0 Å². The predicted molar refractivity (Wildman–Crippen MR) is 131 cm³/mol. The number of anilines is 1. The van der Waals surface area contributed by atoms with Crippen LogP contribution >= 0.6 is 23.2 Å². The fraction of sp³-hybridized carbons (Fsp3) is 0.385. The van der Waals surface area contributed by atoms with Crippen LogP contribution in [-0.4, -0.2) is 33.1 Å². The van der Waals surface area contributed by atoms with Crippen LogP contribution in [0.4, 0.5) is 10.1 Å². The van der Waals surface area contributed by atoms with Crippen LogP contribution in [0.2, 0.25) is 10.0 Å². The molecular formula is C26H24Cl2FN3O3. The van der Waals surface area contributed by atoms with Gasteiger partial charge in [0.2, 0.25) is 0 Å². The van der Waals surface area contributed by atoms with E-state index in [2.05, 4.69) is 10.00 Å². The third kappa shape index (κ3) is 3.90. The zero-order valence-corrected chi connectivity index (χ0v) is 20.4. The highest BCUT2D eigenvalue weighted by Crippen LogP contribution is 2.50. The van der Waals surface area contributed by atoms with Gasteiger partial charge in [-0.3, -0.25) is 0 Å². The van der Waals surface area contributed by atoms with Gasteiger partial charge in [-0.2, -0.15) is 5.10 Å². The highest BCUT2D eigenvalue weighted by atomic mass is 35.5. The van der Waals surface area contributed by atoms with Crippen molar-refractivity contribution in [3.8, 4) is 5.69 Å². The van der Waals surface area contributed by atoms with Crippen molar-refractivity contribution in [2.45, 2.75) is 50.4 Å². The molecule has 3 aliphatic rings. The monoisotopic (exact) mass is 515 g/mol. The van der Waals surface area contributed by atoms with Crippen molar-refractivity contribution >= 4 is 34.9 Å². The van der Waals surface area contributed by atoms with E-state index < -0.39 is 17.5 Å². The van der Waals surface area contributed by atoms with Crippen LogP contribution < -0.4 is 4.90 Å². The number of aromatic carboxylic acids is 1. The van der Waals surface area contributed by atoms with E-state index in [9.17, 15) is 14.3 Å². The molecule has 1 aromatic heterocycles. The number of carboxylic acids is 1. The highest BCUT2D eigenvalue weighted by Gasteiger charge is 2.52. The van der Waals surface area contributed by atoms with Crippen molar-refractivity contribution in [3.05, 3.63) is 75.3 Å². The lowest BCUT2D eigenvalue weighted by Gasteiger charge is -2.40. The molecule has 3 aromatic rings. The fourth-order valence-electron chi connectivity index (χ4n) is 5.66. The molecule has 2 saturated carbocycles. The average molecular weight is 516 g/mol. The summed E-state index contributed by atoms with van der Waals surface area (Å²) in [4.78, 5) is 13.4. The SMILES string of the molecule is O=C(O)c1ccc(N2CC3CCC2(OCc2c(C4CC4)cnn2-c2c(Cl)cccc2Cl)C3)cc1F. The number of nitrogens with zero attached hydrogens (tertiary/aromatic N) is 3. The molecule has 3 fully saturated rings. The summed E-state index contributed by atoms with van der Waals surface area (Å²) in [6, 6.07) is 9.69. The smallest absolute Gasteiger partial charge is 0.338 e. The van der Waals surface area contributed by atoms with Crippen LogP contribution in [0, 0.1) is 11.7 Å². The number of benzene rings is 2. The molecule has 182 valence electrons. The Morgan fingerprint density at radius 1 is 1.20 bits per heavy atom. The zero-order chi connectivity index (χ0) is 24.3. The molecule has 2 heterocycles. The normalized spacial score (nSPS) is 23.3. The topological polar surface area (TPSA) is 67.6 Å². The molecular weight excluding hydrogens is 492 g/mol. The van der Waals surface area contributed by atoms with E-state index in [1.54, 1.807) is 28.9 Å². The summed E-state index contributed by atoms with van der Waals surface area (Å²) in [5, 5.41) is 14.9. The number of hydrogen-bond acceptors (Lipinski definition) is 4. The second kappa shape index (κ2) is 8.50. The van der Waals surface area contributed by atoms with Gasteiger partial charge < -0.3 is 14.7 Å². The van der Waals surface area contributed by atoms with E-state index in [-0.39, 0.29) is 5.56 Å². The van der Waals surface area contributed by atoms with E-state index >= 15 is 0 Å². The zero-order valence-electron chi connectivity index (χ0n) is 18.9.